The lowest BCUT2D eigenvalue weighted by atomic mass is 10.5. The van der Waals surface area contributed by atoms with Gasteiger partial charge in [-0.05, 0) is 0 Å². The number of hydrogen-bond donors (Lipinski definition) is 0. The van der Waals surface area contributed by atoms with E-state index in [2.05, 4.69) is 24.8 Å². The van der Waals surface area contributed by atoms with Crippen molar-refractivity contribution in [1.82, 2.24) is 24.7 Å². The maximum atomic E-state index is 11.7. The highest BCUT2D eigenvalue weighted by Gasteiger charge is 2.13. The predicted molar refractivity (Wildman–Crippen MR) is 89.1 cm³/mol. The van der Waals surface area contributed by atoms with Crippen molar-refractivity contribution >= 4 is 17.9 Å². The number of methoxy groups -OCH3 is 1. The predicted octanol–water partition coefficient (Wildman–Crippen LogP) is -0.474. The molecule has 0 aliphatic carbocycles. The lowest BCUT2D eigenvalue weighted by molar-refractivity contribution is -0.141. The zero-order valence-electron chi connectivity index (χ0n) is 14.6. The van der Waals surface area contributed by atoms with E-state index in [4.69, 9.17) is 4.74 Å². The number of carbonyl (C=O) groups excluding carboxylic acids is 1. The van der Waals surface area contributed by atoms with Crippen molar-refractivity contribution in [2.24, 2.45) is 0 Å². The van der Waals surface area contributed by atoms with E-state index in [1.165, 1.54) is 19.2 Å². The van der Waals surface area contributed by atoms with E-state index < -0.39 is 11.5 Å². The number of ether oxygens (including phenoxy) is 2. The van der Waals surface area contributed by atoms with Crippen LogP contribution in [0.3, 0.4) is 0 Å². The van der Waals surface area contributed by atoms with Gasteiger partial charge in [0.2, 0.25) is 17.8 Å². The second-order valence-corrected chi connectivity index (χ2v) is 5.35. The topological polar surface area (TPSA) is 116 Å². The Morgan fingerprint density at radius 3 is 2.20 bits per heavy atom. The summed E-state index contributed by atoms with van der Waals surface area (Å²) in [7, 11) is 8.37. The summed E-state index contributed by atoms with van der Waals surface area (Å²) < 4.78 is 11.0. The van der Waals surface area contributed by atoms with Crippen LogP contribution >= 0.6 is 0 Å². The highest BCUT2D eigenvalue weighted by Crippen LogP contribution is 2.19. The van der Waals surface area contributed by atoms with Crippen LogP contribution in [0.25, 0.3) is 0 Å². The number of aromatic nitrogens is 5. The van der Waals surface area contributed by atoms with Gasteiger partial charge >= 0.3 is 12.0 Å². The SMILES string of the molecule is COC(=O)Cn1nc(Oc2nc(N(C)C)nc(N(C)C)n2)ccc1=O. The molecule has 2 aromatic rings. The van der Waals surface area contributed by atoms with Gasteiger partial charge in [-0.15, -0.1) is 5.10 Å². The van der Waals surface area contributed by atoms with Crippen LogP contribution in [0.15, 0.2) is 16.9 Å². The highest BCUT2D eigenvalue weighted by molar-refractivity contribution is 5.68. The molecule has 0 unspecified atom stereocenters. The summed E-state index contributed by atoms with van der Waals surface area (Å²) in [6.45, 7) is -0.324. The molecule has 0 fully saturated rings. The third-order valence-corrected chi connectivity index (χ3v) is 2.94. The molecule has 11 heteroatoms. The van der Waals surface area contributed by atoms with Gasteiger partial charge in [-0.1, -0.05) is 0 Å². The van der Waals surface area contributed by atoms with Crippen molar-refractivity contribution in [3.05, 3.63) is 22.5 Å². The van der Waals surface area contributed by atoms with E-state index in [1.807, 2.05) is 0 Å². The first-order valence-corrected chi connectivity index (χ1v) is 7.23. The Balaban J connectivity index is 2.34. The number of esters is 1. The zero-order valence-corrected chi connectivity index (χ0v) is 14.6. The van der Waals surface area contributed by atoms with E-state index >= 15 is 0 Å². The molecule has 0 N–H and O–H groups in total. The van der Waals surface area contributed by atoms with Crippen molar-refractivity contribution in [3.63, 3.8) is 0 Å². The summed E-state index contributed by atoms with van der Waals surface area (Å²) in [6, 6.07) is 2.61. The fourth-order valence-corrected chi connectivity index (χ4v) is 1.66. The number of hydrogen-bond acceptors (Lipinski definition) is 10. The van der Waals surface area contributed by atoms with Crippen LogP contribution in [-0.2, 0) is 16.1 Å². The zero-order chi connectivity index (χ0) is 18.6. The van der Waals surface area contributed by atoms with E-state index in [-0.39, 0.29) is 18.4 Å². The maximum absolute atomic E-state index is 11.7. The molecule has 0 bridgehead atoms. The van der Waals surface area contributed by atoms with Gasteiger partial charge < -0.3 is 19.3 Å². The maximum Gasteiger partial charge on any atom is 0.330 e. The van der Waals surface area contributed by atoms with E-state index in [0.29, 0.717) is 11.9 Å². The monoisotopic (exact) mass is 349 g/mol. The fourth-order valence-electron chi connectivity index (χ4n) is 1.66. The minimum Gasteiger partial charge on any atom is -0.468 e. The average Bonchev–Trinajstić information content (AvgIpc) is 2.57. The Morgan fingerprint density at radius 2 is 1.68 bits per heavy atom. The first kappa shape index (κ1) is 18.1. The van der Waals surface area contributed by atoms with Crippen molar-refractivity contribution < 1.29 is 14.3 Å². The van der Waals surface area contributed by atoms with Gasteiger partial charge in [-0.2, -0.15) is 15.0 Å². The summed E-state index contributed by atoms with van der Waals surface area (Å²) in [5.41, 5.74) is -0.462. The molecule has 134 valence electrons. The van der Waals surface area contributed by atoms with Crippen LogP contribution in [0, 0.1) is 0 Å². The van der Waals surface area contributed by atoms with Gasteiger partial charge in [0.1, 0.15) is 6.54 Å². The van der Waals surface area contributed by atoms with Crippen molar-refractivity contribution in [2.45, 2.75) is 6.54 Å². The second-order valence-electron chi connectivity index (χ2n) is 5.35. The molecule has 0 saturated carbocycles. The Kier molecular flexibility index (Phi) is 5.47. The third-order valence-electron chi connectivity index (χ3n) is 2.94. The second kappa shape index (κ2) is 7.55. The molecular formula is C14H19N7O4. The molecule has 0 aliphatic rings. The molecule has 11 nitrogen and oxygen atoms in total. The third kappa shape index (κ3) is 4.62. The lowest BCUT2D eigenvalue weighted by Gasteiger charge is -2.16. The Morgan fingerprint density at radius 1 is 1.08 bits per heavy atom. The summed E-state index contributed by atoms with van der Waals surface area (Å²) in [6.07, 6.45) is 0. The quantitative estimate of drug-likeness (QED) is 0.633. The van der Waals surface area contributed by atoms with Gasteiger partial charge in [0.05, 0.1) is 7.11 Å². The molecule has 0 amide bonds. The van der Waals surface area contributed by atoms with Gasteiger partial charge in [-0.25, -0.2) is 4.68 Å². The van der Waals surface area contributed by atoms with Crippen LogP contribution < -0.4 is 20.1 Å². The minimum absolute atomic E-state index is 0.0122. The molecular weight excluding hydrogens is 330 g/mol. The van der Waals surface area contributed by atoms with E-state index in [9.17, 15) is 9.59 Å². The summed E-state index contributed by atoms with van der Waals surface area (Å²) in [5.74, 6) is 0.258. The van der Waals surface area contributed by atoms with Gasteiger partial charge in [-0.3, -0.25) is 9.59 Å². The molecule has 0 atom stereocenters. The van der Waals surface area contributed by atoms with Crippen molar-refractivity contribution in [2.75, 3.05) is 45.1 Å². The van der Waals surface area contributed by atoms with Crippen LogP contribution in [0.5, 0.6) is 11.9 Å². The van der Waals surface area contributed by atoms with E-state index in [1.54, 1.807) is 38.0 Å². The Bertz CT molecular complexity index is 793. The normalized spacial score (nSPS) is 10.3. The molecule has 0 aromatic carbocycles. The Hall–Kier alpha value is -3.24. The largest absolute Gasteiger partial charge is 0.468 e. The highest BCUT2D eigenvalue weighted by atomic mass is 16.5. The lowest BCUT2D eigenvalue weighted by Crippen LogP contribution is -2.26. The van der Waals surface area contributed by atoms with Crippen LogP contribution in [0.2, 0.25) is 0 Å². The molecule has 25 heavy (non-hydrogen) atoms. The number of carbonyl (C=O) groups is 1. The van der Waals surface area contributed by atoms with Crippen LogP contribution in [0.1, 0.15) is 0 Å². The molecule has 0 radical (unpaired) electrons. The number of nitrogens with zero attached hydrogens (tertiary/aromatic N) is 7. The first-order valence-electron chi connectivity index (χ1n) is 7.23. The molecule has 0 aliphatic heterocycles. The van der Waals surface area contributed by atoms with Gasteiger partial charge in [0.25, 0.3) is 5.56 Å². The summed E-state index contributed by atoms with van der Waals surface area (Å²) >= 11 is 0. The Labute approximate surface area is 143 Å². The van der Waals surface area contributed by atoms with Crippen molar-refractivity contribution in [1.29, 1.82) is 0 Å². The standard InChI is InChI=1S/C14H19N7O4/c1-19(2)12-15-13(20(3)4)17-14(16-12)25-9-6-7-10(22)21(18-9)8-11(23)24-5/h6-7H,8H2,1-5H3. The smallest absolute Gasteiger partial charge is 0.330 e. The number of anilines is 2. The molecule has 0 saturated heterocycles. The molecule has 2 aromatic heterocycles. The average molecular weight is 349 g/mol. The molecule has 2 rings (SSSR count). The van der Waals surface area contributed by atoms with Crippen LogP contribution in [-0.4, -0.2) is 66.0 Å². The summed E-state index contributed by atoms with van der Waals surface area (Å²) in [4.78, 5) is 39.1. The minimum atomic E-state index is -0.600. The molecule has 0 spiro atoms. The fraction of sp³-hybridized carbons (Fsp3) is 0.429. The number of rotatable bonds is 6. The first-order chi connectivity index (χ1) is 11.8. The van der Waals surface area contributed by atoms with Crippen molar-refractivity contribution in [3.8, 4) is 11.9 Å². The summed E-state index contributed by atoms with van der Waals surface area (Å²) in [5, 5.41) is 3.96. The molecule has 2 heterocycles. The van der Waals surface area contributed by atoms with Gasteiger partial charge in [0.15, 0.2) is 0 Å². The van der Waals surface area contributed by atoms with Gasteiger partial charge in [0, 0.05) is 40.3 Å². The van der Waals surface area contributed by atoms with Crippen LogP contribution in [0.4, 0.5) is 11.9 Å². The van der Waals surface area contributed by atoms with E-state index in [0.717, 1.165) is 4.68 Å².